The van der Waals surface area contributed by atoms with Crippen LogP contribution in [0.5, 0.6) is 0 Å². The molecule has 0 aromatic heterocycles. The molecule has 4 nitrogen and oxygen atoms in total. The van der Waals surface area contributed by atoms with Gasteiger partial charge >= 0.3 is 11.9 Å². The molecule has 0 aliphatic rings. The summed E-state index contributed by atoms with van der Waals surface area (Å²) >= 11 is 0. The maximum Gasteiger partial charge on any atom is 0.338 e. The molecule has 0 fully saturated rings. The Morgan fingerprint density at radius 1 is 0.667 bits per heavy atom. The molecule has 1 rings (SSSR count). The third-order valence-electron chi connectivity index (χ3n) is 5.91. The molecule has 0 aliphatic heterocycles. The average Bonchev–Trinajstić information content (AvgIpc) is 2.80. The maximum absolute atomic E-state index is 12.2. The summed E-state index contributed by atoms with van der Waals surface area (Å²) in [6, 6.07) is 6.54. The number of benzene rings is 1. The molecule has 0 heterocycles. The zero-order valence-electron chi connectivity index (χ0n) is 21.5. The lowest BCUT2D eigenvalue weighted by molar-refractivity contribution is 0.0378. The van der Waals surface area contributed by atoms with Crippen molar-refractivity contribution >= 4 is 11.9 Å². The van der Waals surface area contributed by atoms with Gasteiger partial charge in [0, 0.05) is 0 Å². The van der Waals surface area contributed by atoms with Gasteiger partial charge in [-0.25, -0.2) is 9.59 Å². The minimum atomic E-state index is -0.419. The summed E-state index contributed by atoms with van der Waals surface area (Å²) in [7, 11) is 0. The predicted molar refractivity (Wildman–Crippen MR) is 137 cm³/mol. The van der Waals surface area contributed by atoms with Gasteiger partial charge in [-0.2, -0.15) is 0 Å². The van der Waals surface area contributed by atoms with Crippen molar-refractivity contribution in [1.82, 2.24) is 0 Å². The van der Waals surface area contributed by atoms with Crippen LogP contribution >= 0.6 is 0 Å². The summed E-state index contributed by atoms with van der Waals surface area (Å²) in [5.41, 5.74) is 0.769. The van der Waals surface area contributed by atoms with Gasteiger partial charge in [0.25, 0.3) is 0 Å². The van der Waals surface area contributed by atoms with Gasteiger partial charge in [-0.3, -0.25) is 0 Å². The molecular weight excluding hydrogens is 412 g/mol. The highest BCUT2D eigenvalue weighted by molar-refractivity contribution is 5.95. The molecule has 0 N–H and O–H groups in total. The third kappa shape index (κ3) is 15.6. The molecular formula is C29H48O4. The first-order valence-electron chi connectivity index (χ1n) is 13.5. The van der Waals surface area contributed by atoms with Gasteiger partial charge in [0.2, 0.25) is 0 Å². The van der Waals surface area contributed by atoms with Gasteiger partial charge in [0.05, 0.1) is 23.8 Å². The molecule has 0 amide bonds. The molecule has 188 valence electrons. The number of carbonyl (C=O) groups excluding carboxylic acids is 2. The molecule has 0 bridgehead atoms. The molecule has 4 heteroatoms. The Labute approximate surface area is 202 Å². The molecule has 0 atom stereocenters. The van der Waals surface area contributed by atoms with Gasteiger partial charge in [0.1, 0.15) is 0 Å². The van der Waals surface area contributed by atoms with Crippen LogP contribution < -0.4 is 0 Å². The summed E-state index contributed by atoms with van der Waals surface area (Å²) in [5.74, 6) is -0.799. The Morgan fingerprint density at radius 3 is 1.55 bits per heavy atom. The molecule has 0 radical (unpaired) electrons. The van der Waals surface area contributed by atoms with Crippen LogP contribution in [0.1, 0.15) is 144 Å². The summed E-state index contributed by atoms with van der Waals surface area (Å²) in [6.45, 7) is 6.30. The monoisotopic (exact) mass is 460 g/mol. The van der Waals surface area contributed by atoms with Gasteiger partial charge in [-0.15, -0.1) is 0 Å². The quantitative estimate of drug-likeness (QED) is 0.144. The highest BCUT2D eigenvalue weighted by Crippen LogP contribution is 2.14. The minimum Gasteiger partial charge on any atom is -0.462 e. The first-order chi connectivity index (χ1) is 16.0. The summed E-state index contributed by atoms with van der Waals surface area (Å²) in [5, 5.41) is 0. The smallest absolute Gasteiger partial charge is 0.338 e. The van der Waals surface area contributed by atoms with Crippen LogP contribution in [0.25, 0.3) is 0 Å². The molecule has 0 unspecified atom stereocenters. The van der Waals surface area contributed by atoms with E-state index in [-0.39, 0.29) is 12.1 Å². The number of rotatable bonds is 20. The van der Waals surface area contributed by atoms with E-state index in [2.05, 4.69) is 6.92 Å². The largest absolute Gasteiger partial charge is 0.462 e. The van der Waals surface area contributed by atoms with Gasteiger partial charge in [-0.05, 0) is 38.5 Å². The van der Waals surface area contributed by atoms with Crippen LogP contribution in [-0.2, 0) is 9.47 Å². The van der Waals surface area contributed by atoms with Crippen molar-refractivity contribution in [2.75, 3.05) is 6.61 Å². The predicted octanol–water partition coefficient (Wildman–Crippen LogP) is 8.67. The lowest BCUT2D eigenvalue weighted by Gasteiger charge is -2.09. The highest BCUT2D eigenvalue weighted by atomic mass is 16.5. The summed E-state index contributed by atoms with van der Waals surface area (Å²) in [6.07, 6.45) is 20.9. The standard InChI is InChI=1S/C29H48O4/c1-4-5-6-7-8-9-10-11-12-13-14-15-16-17-18-19-23-32-28(30)26-21-20-22-27(24-26)29(31)33-25(2)3/h20-22,24-25H,4-19,23H2,1-3H3. The van der Waals surface area contributed by atoms with Crippen LogP contribution in [0.15, 0.2) is 24.3 Å². The number of carbonyl (C=O) groups is 2. The number of ether oxygens (including phenoxy) is 2. The Balaban J connectivity index is 1.96. The van der Waals surface area contributed by atoms with Crippen LogP contribution in [0, 0.1) is 0 Å². The normalized spacial score (nSPS) is 11.0. The van der Waals surface area contributed by atoms with E-state index in [0.717, 1.165) is 12.8 Å². The number of hydrogen-bond acceptors (Lipinski definition) is 4. The fourth-order valence-corrected chi connectivity index (χ4v) is 3.95. The van der Waals surface area contributed by atoms with E-state index in [9.17, 15) is 9.59 Å². The van der Waals surface area contributed by atoms with Crippen molar-refractivity contribution in [3.8, 4) is 0 Å². The Bertz CT molecular complexity index is 638. The van der Waals surface area contributed by atoms with E-state index in [1.807, 2.05) is 0 Å². The molecule has 0 saturated heterocycles. The number of esters is 2. The van der Waals surface area contributed by atoms with Crippen molar-refractivity contribution in [2.45, 2.75) is 130 Å². The van der Waals surface area contributed by atoms with Crippen LogP contribution in [0.2, 0.25) is 0 Å². The first kappa shape index (κ1) is 29.2. The van der Waals surface area contributed by atoms with Crippen molar-refractivity contribution in [1.29, 1.82) is 0 Å². The van der Waals surface area contributed by atoms with Gasteiger partial charge in [-0.1, -0.05) is 109 Å². The molecule has 0 aliphatic carbocycles. The van der Waals surface area contributed by atoms with Crippen molar-refractivity contribution < 1.29 is 19.1 Å². The first-order valence-corrected chi connectivity index (χ1v) is 13.5. The number of hydrogen-bond donors (Lipinski definition) is 0. The zero-order valence-corrected chi connectivity index (χ0v) is 21.5. The minimum absolute atomic E-state index is 0.192. The van der Waals surface area contributed by atoms with E-state index in [0.29, 0.717) is 17.7 Å². The van der Waals surface area contributed by atoms with E-state index in [4.69, 9.17) is 9.47 Å². The topological polar surface area (TPSA) is 52.6 Å². The SMILES string of the molecule is CCCCCCCCCCCCCCCCCCOC(=O)c1cccc(C(=O)OC(C)C)c1. The average molecular weight is 461 g/mol. The van der Waals surface area contributed by atoms with E-state index in [1.54, 1.807) is 38.1 Å². The highest BCUT2D eigenvalue weighted by Gasteiger charge is 2.13. The fraction of sp³-hybridized carbons (Fsp3) is 0.724. The van der Waals surface area contributed by atoms with Crippen molar-refractivity contribution in [2.24, 2.45) is 0 Å². The maximum atomic E-state index is 12.2. The second kappa shape index (κ2) is 19.6. The Kier molecular flexibility index (Phi) is 17.4. The Morgan fingerprint density at radius 2 is 1.09 bits per heavy atom. The van der Waals surface area contributed by atoms with Gasteiger partial charge in [0.15, 0.2) is 0 Å². The van der Waals surface area contributed by atoms with Crippen LogP contribution in [-0.4, -0.2) is 24.6 Å². The third-order valence-corrected chi connectivity index (χ3v) is 5.91. The Hall–Kier alpha value is -1.84. The van der Waals surface area contributed by atoms with E-state index in [1.165, 1.54) is 89.9 Å². The fourth-order valence-electron chi connectivity index (χ4n) is 3.95. The summed E-state index contributed by atoms with van der Waals surface area (Å²) in [4.78, 5) is 24.2. The summed E-state index contributed by atoms with van der Waals surface area (Å²) < 4.78 is 10.5. The second-order valence-corrected chi connectivity index (χ2v) is 9.47. The lowest BCUT2D eigenvalue weighted by atomic mass is 10.0. The number of unbranched alkanes of at least 4 members (excludes halogenated alkanes) is 15. The van der Waals surface area contributed by atoms with Crippen molar-refractivity contribution in [3.63, 3.8) is 0 Å². The van der Waals surface area contributed by atoms with E-state index >= 15 is 0 Å². The zero-order chi connectivity index (χ0) is 24.2. The van der Waals surface area contributed by atoms with Crippen molar-refractivity contribution in [3.05, 3.63) is 35.4 Å². The molecule has 0 spiro atoms. The van der Waals surface area contributed by atoms with Crippen LogP contribution in [0.4, 0.5) is 0 Å². The second-order valence-electron chi connectivity index (χ2n) is 9.47. The molecule has 1 aromatic rings. The van der Waals surface area contributed by atoms with Crippen LogP contribution in [0.3, 0.4) is 0 Å². The molecule has 1 aromatic carbocycles. The molecule has 0 saturated carbocycles. The molecule has 33 heavy (non-hydrogen) atoms. The van der Waals surface area contributed by atoms with Gasteiger partial charge < -0.3 is 9.47 Å². The van der Waals surface area contributed by atoms with E-state index < -0.39 is 5.97 Å². The lowest BCUT2D eigenvalue weighted by Crippen LogP contribution is -2.13.